The number of amides is 2. The van der Waals surface area contributed by atoms with E-state index in [-0.39, 0.29) is 5.69 Å². The quantitative estimate of drug-likeness (QED) is 0.802. The van der Waals surface area contributed by atoms with Gasteiger partial charge in [0.05, 0.1) is 17.7 Å². The molecule has 2 aromatic rings. The summed E-state index contributed by atoms with van der Waals surface area (Å²) >= 11 is 1.65. The molecule has 0 saturated carbocycles. The summed E-state index contributed by atoms with van der Waals surface area (Å²) in [5.74, 6) is 1.98. The Bertz CT molecular complexity index is 546. The van der Waals surface area contributed by atoms with E-state index in [1.165, 1.54) is 12.1 Å². The molecule has 6 heteroatoms. The average molecular weight is 294 g/mol. The molecule has 0 unspecified atom stereocenters. The Hall–Kier alpha value is -1.95. The average Bonchev–Trinajstić information content (AvgIpc) is 2.94. The molecule has 106 valence electrons. The zero-order valence-electron chi connectivity index (χ0n) is 10.8. The lowest BCUT2D eigenvalue weighted by molar-refractivity contribution is 0.252. The van der Waals surface area contributed by atoms with Crippen molar-refractivity contribution in [3.05, 3.63) is 54.2 Å². The molecule has 1 aromatic heterocycles. The second-order valence-corrected chi connectivity index (χ2v) is 5.10. The summed E-state index contributed by atoms with van der Waals surface area (Å²) in [7, 11) is 0. The van der Waals surface area contributed by atoms with E-state index in [9.17, 15) is 9.18 Å². The molecule has 4 nitrogen and oxygen atoms in total. The number of nitrogens with one attached hydrogen (secondary N) is 2. The van der Waals surface area contributed by atoms with Gasteiger partial charge >= 0.3 is 6.03 Å². The highest BCUT2D eigenvalue weighted by Crippen LogP contribution is 2.12. The van der Waals surface area contributed by atoms with Crippen LogP contribution in [-0.4, -0.2) is 18.3 Å². The molecule has 0 spiro atoms. The van der Waals surface area contributed by atoms with Gasteiger partial charge < -0.3 is 15.1 Å². The number of hydrogen-bond donors (Lipinski definition) is 2. The van der Waals surface area contributed by atoms with Crippen molar-refractivity contribution in [2.75, 3.05) is 17.6 Å². The van der Waals surface area contributed by atoms with E-state index < -0.39 is 11.8 Å². The lowest BCUT2D eigenvalue weighted by atomic mass is 10.3. The first-order valence-corrected chi connectivity index (χ1v) is 7.30. The van der Waals surface area contributed by atoms with Gasteiger partial charge in [0, 0.05) is 12.3 Å². The molecule has 2 N–H and O–H groups in total. The van der Waals surface area contributed by atoms with Gasteiger partial charge in [0.25, 0.3) is 0 Å². The van der Waals surface area contributed by atoms with Crippen molar-refractivity contribution >= 4 is 23.5 Å². The summed E-state index contributed by atoms with van der Waals surface area (Å²) in [6, 6.07) is 9.40. The van der Waals surface area contributed by atoms with Gasteiger partial charge in [-0.15, -0.1) is 0 Å². The first kappa shape index (κ1) is 14.5. The fraction of sp³-hybridized carbons (Fsp3) is 0.214. The number of carbonyl (C=O) groups excluding carboxylic acids is 1. The van der Waals surface area contributed by atoms with Crippen molar-refractivity contribution in [2.24, 2.45) is 0 Å². The number of anilines is 1. The van der Waals surface area contributed by atoms with Crippen LogP contribution in [0.1, 0.15) is 5.76 Å². The fourth-order valence-electron chi connectivity index (χ4n) is 1.53. The summed E-state index contributed by atoms with van der Waals surface area (Å²) in [4.78, 5) is 11.5. The smallest absolute Gasteiger partial charge is 0.319 e. The molecule has 0 radical (unpaired) electrons. The van der Waals surface area contributed by atoms with Crippen molar-refractivity contribution in [1.82, 2.24) is 5.32 Å². The Morgan fingerprint density at radius 1 is 1.25 bits per heavy atom. The van der Waals surface area contributed by atoms with Crippen molar-refractivity contribution in [3.63, 3.8) is 0 Å². The highest BCUT2D eigenvalue weighted by molar-refractivity contribution is 7.98. The van der Waals surface area contributed by atoms with E-state index in [1.54, 1.807) is 30.2 Å². The molecule has 0 aliphatic heterocycles. The molecule has 2 rings (SSSR count). The molecule has 0 atom stereocenters. The Balaban J connectivity index is 1.62. The number of thioether (sulfide) groups is 1. The lowest BCUT2D eigenvalue weighted by Crippen LogP contribution is -2.30. The van der Waals surface area contributed by atoms with Gasteiger partial charge in [-0.2, -0.15) is 11.8 Å². The third-order valence-electron chi connectivity index (χ3n) is 2.48. The number of benzene rings is 1. The summed E-state index contributed by atoms with van der Waals surface area (Å²) in [6.45, 7) is 0.506. The van der Waals surface area contributed by atoms with Crippen molar-refractivity contribution < 1.29 is 13.6 Å². The molecular weight excluding hydrogens is 279 g/mol. The summed E-state index contributed by atoms with van der Waals surface area (Å²) < 4.78 is 18.5. The van der Waals surface area contributed by atoms with Crippen LogP contribution < -0.4 is 10.6 Å². The van der Waals surface area contributed by atoms with Gasteiger partial charge in [0.15, 0.2) is 0 Å². The highest BCUT2D eigenvalue weighted by atomic mass is 32.2. The van der Waals surface area contributed by atoms with Crippen LogP contribution in [0.4, 0.5) is 14.9 Å². The minimum atomic E-state index is -0.449. The van der Waals surface area contributed by atoms with Gasteiger partial charge in [-0.05, 0) is 24.3 Å². The molecule has 1 aromatic carbocycles. The van der Waals surface area contributed by atoms with Gasteiger partial charge in [-0.1, -0.05) is 12.1 Å². The van der Waals surface area contributed by atoms with Crippen LogP contribution in [0.3, 0.4) is 0 Å². The standard InChI is InChI=1S/C14H15FN2O2S/c15-12-5-1-2-6-13(12)17-14(18)16-7-9-20-10-11-4-3-8-19-11/h1-6,8H,7,9-10H2,(H2,16,17,18). The molecule has 0 bridgehead atoms. The molecule has 20 heavy (non-hydrogen) atoms. The largest absolute Gasteiger partial charge is 0.468 e. The minimum absolute atomic E-state index is 0.174. The maximum absolute atomic E-state index is 13.3. The Labute approximate surface area is 120 Å². The molecule has 0 fully saturated rings. The van der Waals surface area contributed by atoms with Crippen molar-refractivity contribution in [2.45, 2.75) is 5.75 Å². The number of para-hydroxylation sites is 1. The van der Waals surface area contributed by atoms with Gasteiger partial charge in [0.1, 0.15) is 11.6 Å². The van der Waals surface area contributed by atoms with Crippen LogP contribution in [0.15, 0.2) is 47.1 Å². The molecule has 0 aliphatic carbocycles. The second-order valence-electron chi connectivity index (χ2n) is 3.99. The van der Waals surface area contributed by atoms with Crippen LogP contribution in [0.5, 0.6) is 0 Å². The maximum Gasteiger partial charge on any atom is 0.319 e. The van der Waals surface area contributed by atoms with E-state index in [0.29, 0.717) is 6.54 Å². The van der Waals surface area contributed by atoms with Crippen molar-refractivity contribution in [1.29, 1.82) is 0 Å². The maximum atomic E-state index is 13.3. The predicted molar refractivity (Wildman–Crippen MR) is 78.3 cm³/mol. The normalized spacial score (nSPS) is 10.2. The van der Waals surface area contributed by atoms with E-state index in [2.05, 4.69) is 10.6 Å². The van der Waals surface area contributed by atoms with Gasteiger partial charge in [-0.25, -0.2) is 9.18 Å². The first-order chi connectivity index (χ1) is 9.75. The predicted octanol–water partition coefficient (Wildman–Crippen LogP) is 3.47. The summed E-state index contributed by atoms with van der Waals surface area (Å²) in [5, 5.41) is 5.13. The minimum Gasteiger partial charge on any atom is -0.468 e. The number of rotatable bonds is 6. The Kier molecular flexibility index (Phi) is 5.49. The molecule has 2 amide bonds. The van der Waals surface area contributed by atoms with Crippen LogP contribution in [0, 0.1) is 5.82 Å². The van der Waals surface area contributed by atoms with E-state index in [1.807, 2.05) is 12.1 Å². The van der Waals surface area contributed by atoms with Crippen LogP contribution in [-0.2, 0) is 5.75 Å². The summed E-state index contributed by atoms with van der Waals surface area (Å²) in [5.41, 5.74) is 0.174. The number of hydrogen-bond acceptors (Lipinski definition) is 3. The second kappa shape index (κ2) is 7.59. The number of carbonyl (C=O) groups is 1. The fourth-order valence-corrected chi connectivity index (χ4v) is 2.29. The third-order valence-corrected chi connectivity index (χ3v) is 3.46. The van der Waals surface area contributed by atoms with Crippen LogP contribution in [0.2, 0.25) is 0 Å². The van der Waals surface area contributed by atoms with Crippen molar-refractivity contribution in [3.8, 4) is 0 Å². The molecular formula is C14H15FN2O2S. The first-order valence-electron chi connectivity index (χ1n) is 6.15. The Morgan fingerprint density at radius 3 is 2.85 bits per heavy atom. The number of halogens is 1. The third kappa shape index (κ3) is 4.62. The van der Waals surface area contributed by atoms with Gasteiger partial charge in [0.2, 0.25) is 0 Å². The van der Waals surface area contributed by atoms with E-state index >= 15 is 0 Å². The Morgan fingerprint density at radius 2 is 2.10 bits per heavy atom. The zero-order valence-corrected chi connectivity index (χ0v) is 11.6. The van der Waals surface area contributed by atoms with Crippen LogP contribution >= 0.6 is 11.8 Å². The zero-order chi connectivity index (χ0) is 14.2. The topological polar surface area (TPSA) is 54.3 Å². The number of urea groups is 1. The molecule has 0 saturated heterocycles. The lowest BCUT2D eigenvalue weighted by Gasteiger charge is -2.07. The van der Waals surface area contributed by atoms with E-state index in [4.69, 9.17) is 4.42 Å². The molecule has 0 aliphatic rings. The van der Waals surface area contributed by atoms with Crippen LogP contribution in [0.25, 0.3) is 0 Å². The SMILES string of the molecule is O=C(NCCSCc1ccco1)Nc1ccccc1F. The number of furan rings is 1. The summed E-state index contributed by atoms with van der Waals surface area (Å²) in [6.07, 6.45) is 1.63. The van der Waals surface area contributed by atoms with E-state index in [0.717, 1.165) is 17.3 Å². The monoisotopic (exact) mass is 294 g/mol. The molecule has 1 heterocycles. The highest BCUT2D eigenvalue weighted by Gasteiger charge is 2.05. The van der Waals surface area contributed by atoms with Gasteiger partial charge in [-0.3, -0.25) is 0 Å².